The van der Waals surface area contributed by atoms with Crippen LogP contribution in [0.2, 0.25) is 5.02 Å². The Labute approximate surface area is 196 Å². The van der Waals surface area contributed by atoms with Gasteiger partial charge in [-0.15, -0.1) is 10.2 Å². The topological polar surface area (TPSA) is 96.5 Å². The first-order valence-electron chi connectivity index (χ1n) is 10.7. The number of nitrogens with one attached hydrogen (secondary N) is 2. The van der Waals surface area contributed by atoms with E-state index in [1.54, 1.807) is 18.2 Å². The molecule has 0 unspecified atom stereocenters. The molecule has 10 heteroatoms. The van der Waals surface area contributed by atoms with E-state index in [4.69, 9.17) is 16.3 Å². The normalized spacial score (nSPS) is 18.2. The van der Waals surface area contributed by atoms with Gasteiger partial charge >= 0.3 is 0 Å². The Bertz CT molecular complexity index is 971. The second kappa shape index (κ2) is 10.4. The average Bonchev–Trinajstić information content (AvgIpc) is 3.62. The molecule has 1 saturated carbocycles. The fourth-order valence-corrected chi connectivity index (χ4v) is 4.46. The smallest absolute Gasteiger partial charge is 0.234 e. The summed E-state index contributed by atoms with van der Waals surface area (Å²) < 4.78 is 5.11. The lowest BCUT2D eigenvalue weighted by atomic mass is 9.97. The molecule has 2 amide bonds. The second-order valence-electron chi connectivity index (χ2n) is 7.98. The van der Waals surface area contributed by atoms with Gasteiger partial charge in [0, 0.05) is 24.8 Å². The van der Waals surface area contributed by atoms with Crippen LogP contribution in [0.3, 0.4) is 0 Å². The zero-order valence-electron chi connectivity index (χ0n) is 17.8. The number of thioether (sulfide) groups is 1. The molecular formula is C22H26ClN5O3S. The maximum atomic E-state index is 12.4. The minimum absolute atomic E-state index is 0.00430. The third-order valence-corrected chi connectivity index (χ3v) is 6.67. The number of aromatic nitrogens is 2. The highest BCUT2D eigenvalue weighted by atomic mass is 35.5. The van der Waals surface area contributed by atoms with Crippen LogP contribution in [0.1, 0.15) is 25.7 Å². The number of piperidine rings is 1. The number of benzene rings is 1. The molecule has 1 aromatic heterocycles. The van der Waals surface area contributed by atoms with Crippen molar-refractivity contribution in [2.24, 2.45) is 5.92 Å². The number of nitrogens with zero attached hydrogens (tertiary/aromatic N) is 3. The van der Waals surface area contributed by atoms with Crippen LogP contribution in [0.15, 0.2) is 35.4 Å². The highest BCUT2D eigenvalue weighted by Crippen LogP contribution is 2.28. The highest BCUT2D eigenvalue weighted by molar-refractivity contribution is 7.99. The lowest BCUT2D eigenvalue weighted by molar-refractivity contribution is -0.125. The van der Waals surface area contributed by atoms with Crippen molar-refractivity contribution in [3.8, 4) is 5.75 Å². The Morgan fingerprint density at radius 3 is 2.75 bits per heavy atom. The first kappa shape index (κ1) is 22.7. The van der Waals surface area contributed by atoms with E-state index in [2.05, 4.69) is 25.7 Å². The van der Waals surface area contributed by atoms with E-state index < -0.39 is 0 Å². The molecule has 1 saturated heterocycles. The molecule has 1 aliphatic heterocycles. The number of hydrogen-bond acceptors (Lipinski definition) is 7. The number of amides is 2. The summed E-state index contributed by atoms with van der Waals surface area (Å²) in [4.78, 5) is 26.7. The molecule has 4 rings (SSSR count). The van der Waals surface area contributed by atoms with E-state index in [1.165, 1.54) is 18.9 Å². The molecular weight excluding hydrogens is 450 g/mol. The molecule has 2 aliphatic rings. The summed E-state index contributed by atoms with van der Waals surface area (Å²) in [5, 5.41) is 15.6. The fourth-order valence-electron chi connectivity index (χ4n) is 3.59. The van der Waals surface area contributed by atoms with Gasteiger partial charge in [-0.2, -0.15) is 0 Å². The van der Waals surface area contributed by atoms with Gasteiger partial charge in [-0.25, -0.2) is 0 Å². The monoisotopic (exact) mass is 475 g/mol. The quantitative estimate of drug-likeness (QED) is 0.565. The largest absolute Gasteiger partial charge is 0.495 e. The Hall–Kier alpha value is -2.52. The van der Waals surface area contributed by atoms with Gasteiger partial charge in [0.1, 0.15) is 10.8 Å². The Kier molecular flexibility index (Phi) is 7.36. The van der Waals surface area contributed by atoms with Crippen LogP contribution in [0.5, 0.6) is 5.75 Å². The van der Waals surface area contributed by atoms with Crippen molar-refractivity contribution >= 4 is 46.7 Å². The number of methoxy groups -OCH3 is 1. The summed E-state index contributed by atoms with van der Waals surface area (Å²) in [6.45, 7) is 1.52. The lowest BCUT2D eigenvalue weighted by Gasteiger charge is -2.32. The van der Waals surface area contributed by atoms with Gasteiger partial charge < -0.3 is 20.3 Å². The SMILES string of the molecule is COc1ccc(NC(=O)CSc2ccc(N3CCC[C@@H](C(=O)NC4CC4)C3)nn2)cc1Cl. The molecule has 2 N–H and O–H groups in total. The van der Waals surface area contributed by atoms with Crippen LogP contribution in [0.25, 0.3) is 0 Å². The third kappa shape index (κ3) is 6.04. The summed E-state index contributed by atoms with van der Waals surface area (Å²) >= 11 is 7.40. The van der Waals surface area contributed by atoms with Crippen molar-refractivity contribution in [3.63, 3.8) is 0 Å². The van der Waals surface area contributed by atoms with E-state index >= 15 is 0 Å². The Morgan fingerprint density at radius 1 is 1.22 bits per heavy atom. The molecule has 2 heterocycles. The van der Waals surface area contributed by atoms with Crippen LogP contribution in [-0.2, 0) is 9.59 Å². The zero-order chi connectivity index (χ0) is 22.5. The van der Waals surface area contributed by atoms with Crippen LogP contribution >= 0.6 is 23.4 Å². The van der Waals surface area contributed by atoms with Crippen LogP contribution in [0, 0.1) is 5.92 Å². The standard InChI is InChI=1S/C22H26ClN5O3S/c1-31-18-7-6-16(11-17(18)23)24-20(29)13-32-21-9-8-19(26-27-21)28-10-2-3-14(12-28)22(30)25-15-4-5-15/h6-9,11,14-15H,2-5,10,12-13H2,1H3,(H,24,29)(H,25,30)/t14-/m1/s1. The van der Waals surface area contributed by atoms with Gasteiger partial charge in [0.2, 0.25) is 11.8 Å². The summed E-state index contributed by atoms with van der Waals surface area (Å²) in [5.74, 6) is 1.50. The Morgan fingerprint density at radius 2 is 2.06 bits per heavy atom. The van der Waals surface area contributed by atoms with Gasteiger partial charge in [0.25, 0.3) is 0 Å². The average molecular weight is 476 g/mol. The molecule has 170 valence electrons. The van der Waals surface area contributed by atoms with E-state index in [1.807, 2.05) is 12.1 Å². The molecule has 1 aliphatic carbocycles. The van der Waals surface area contributed by atoms with E-state index in [-0.39, 0.29) is 23.5 Å². The van der Waals surface area contributed by atoms with Crippen LogP contribution < -0.4 is 20.3 Å². The lowest BCUT2D eigenvalue weighted by Crippen LogP contribution is -2.44. The molecule has 2 fully saturated rings. The van der Waals surface area contributed by atoms with E-state index in [9.17, 15) is 9.59 Å². The molecule has 1 aromatic carbocycles. The van der Waals surface area contributed by atoms with Gasteiger partial charge in [-0.1, -0.05) is 23.4 Å². The van der Waals surface area contributed by atoms with E-state index in [0.29, 0.717) is 34.1 Å². The zero-order valence-corrected chi connectivity index (χ0v) is 19.4. The third-order valence-electron chi connectivity index (χ3n) is 5.45. The van der Waals surface area contributed by atoms with Gasteiger partial charge in [-0.05, 0) is 56.0 Å². The maximum absolute atomic E-state index is 12.4. The molecule has 0 spiro atoms. The maximum Gasteiger partial charge on any atom is 0.234 e. The van der Waals surface area contributed by atoms with Crippen LogP contribution in [-0.4, -0.2) is 54.0 Å². The van der Waals surface area contributed by atoms with Crippen LogP contribution in [0.4, 0.5) is 11.5 Å². The number of halogens is 1. The molecule has 2 aromatic rings. The fraction of sp³-hybridized carbons (Fsp3) is 0.455. The number of hydrogen-bond donors (Lipinski definition) is 2. The first-order valence-corrected chi connectivity index (χ1v) is 12.0. The number of carbonyl (C=O) groups excluding carboxylic acids is 2. The second-order valence-corrected chi connectivity index (χ2v) is 9.39. The van der Waals surface area contributed by atoms with Gasteiger partial charge in [-0.3, -0.25) is 9.59 Å². The molecule has 32 heavy (non-hydrogen) atoms. The number of rotatable bonds is 8. The van der Waals surface area contributed by atoms with Crippen molar-refractivity contribution < 1.29 is 14.3 Å². The predicted molar refractivity (Wildman–Crippen MR) is 125 cm³/mol. The van der Waals surface area contributed by atoms with E-state index in [0.717, 1.165) is 38.0 Å². The summed E-state index contributed by atoms with van der Waals surface area (Å²) in [6.07, 6.45) is 4.05. The summed E-state index contributed by atoms with van der Waals surface area (Å²) in [6, 6.07) is 9.23. The minimum atomic E-state index is -0.164. The van der Waals surface area contributed by atoms with Gasteiger partial charge in [0.15, 0.2) is 5.82 Å². The molecule has 8 nitrogen and oxygen atoms in total. The number of carbonyl (C=O) groups is 2. The molecule has 0 radical (unpaired) electrons. The van der Waals surface area contributed by atoms with Gasteiger partial charge in [0.05, 0.1) is 23.8 Å². The van der Waals surface area contributed by atoms with Crippen molar-refractivity contribution in [1.82, 2.24) is 15.5 Å². The minimum Gasteiger partial charge on any atom is -0.495 e. The first-order chi connectivity index (χ1) is 15.5. The number of ether oxygens (including phenoxy) is 1. The highest BCUT2D eigenvalue weighted by Gasteiger charge is 2.30. The van der Waals surface area contributed by atoms with Crippen molar-refractivity contribution in [1.29, 1.82) is 0 Å². The van der Waals surface area contributed by atoms with Crippen molar-refractivity contribution in [2.45, 2.75) is 36.8 Å². The molecule has 1 atom stereocenters. The summed E-state index contributed by atoms with van der Waals surface area (Å²) in [7, 11) is 1.54. The van der Waals surface area contributed by atoms with Crippen molar-refractivity contribution in [2.75, 3.05) is 36.2 Å². The predicted octanol–water partition coefficient (Wildman–Crippen LogP) is 3.36. The number of anilines is 2. The molecule has 0 bridgehead atoms. The summed E-state index contributed by atoms with van der Waals surface area (Å²) in [5.41, 5.74) is 0.605. The Balaban J connectivity index is 1.26. The van der Waals surface area contributed by atoms with Crippen molar-refractivity contribution in [3.05, 3.63) is 35.4 Å².